The second-order valence-electron chi connectivity index (χ2n) is 6.97. The van der Waals surface area contributed by atoms with Crippen LogP contribution in [0.5, 0.6) is 0 Å². The van der Waals surface area contributed by atoms with Gasteiger partial charge in [0.25, 0.3) is 0 Å². The summed E-state index contributed by atoms with van der Waals surface area (Å²) < 4.78 is 2.17. The largest absolute Gasteiger partial charge is 0.347 e. The van der Waals surface area contributed by atoms with Gasteiger partial charge < -0.3 is 4.57 Å². The fourth-order valence-corrected chi connectivity index (χ4v) is 3.27. The van der Waals surface area contributed by atoms with Gasteiger partial charge >= 0.3 is 0 Å². The highest BCUT2D eigenvalue weighted by Crippen LogP contribution is 2.14. The van der Waals surface area contributed by atoms with Crippen LogP contribution >= 0.6 is 0 Å². The number of benzene rings is 1. The number of rotatable bonds is 11. The lowest BCUT2D eigenvalue weighted by atomic mass is 10.1. The van der Waals surface area contributed by atoms with Gasteiger partial charge in [-0.2, -0.15) is 0 Å². The molecule has 144 valence electrons. The zero-order valence-corrected chi connectivity index (χ0v) is 16.9. The van der Waals surface area contributed by atoms with Crippen molar-refractivity contribution in [3.8, 4) is 0 Å². The molecule has 2 aromatic rings. The molecule has 0 aliphatic heterocycles. The molecule has 0 spiro atoms. The van der Waals surface area contributed by atoms with Crippen LogP contribution in [0.3, 0.4) is 0 Å². The van der Waals surface area contributed by atoms with E-state index in [1.54, 1.807) is 0 Å². The van der Waals surface area contributed by atoms with Gasteiger partial charge in [-0.3, -0.25) is 4.79 Å². The molecule has 1 aromatic heterocycles. The quantitative estimate of drug-likeness (QED) is 0.330. The molecule has 2 nitrogen and oxygen atoms in total. The fourth-order valence-electron chi connectivity index (χ4n) is 3.27. The smallest absolute Gasteiger partial charge is 0.189 e. The van der Waals surface area contributed by atoms with Crippen molar-refractivity contribution in [2.24, 2.45) is 7.05 Å². The first-order chi connectivity index (χ1) is 13.2. The van der Waals surface area contributed by atoms with Crippen molar-refractivity contribution in [1.29, 1.82) is 0 Å². The molecular formula is C25H33NO. The topological polar surface area (TPSA) is 22.0 Å². The van der Waals surface area contributed by atoms with Gasteiger partial charge in [-0.05, 0) is 57.1 Å². The third-order valence-corrected chi connectivity index (χ3v) is 4.84. The number of allylic oxidation sites excluding steroid dienone is 6. The van der Waals surface area contributed by atoms with Gasteiger partial charge in [-0.1, -0.05) is 61.9 Å². The van der Waals surface area contributed by atoms with E-state index < -0.39 is 0 Å². The average molecular weight is 364 g/mol. The van der Waals surface area contributed by atoms with Crippen LogP contribution in [0.4, 0.5) is 0 Å². The van der Waals surface area contributed by atoms with Crippen molar-refractivity contribution in [3.05, 3.63) is 82.7 Å². The Bertz CT molecular complexity index is 839. The molecule has 0 fully saturated rings. The van der Waals surface area contributed by atoms with E-state index in [1.807, 2.05) is 30.3 Å². The first kappa shape index (κ1) is 21.0. The number of nitrogens with zero attached hydrogens (tertiary/aromatic N) is 1. The minimum atomic E-state index is 0.139. The van der Waals surface area contributed by atoms with Crippen LogP contribution in [0, 0.1) is 0 Å². The Labute approximate surface area is 163 Å². The summed E-state index contributed by atoms with van der Waals surface area (Å²) in [7, 11) is 2.06. The molecule has 2 heteroatoms. The minimum Gasteiger partial charge on any atom is -0.347 e. The Morgan fingerprint density at radius 3 is 2.37 bits per heavy atom. The number of hydrogen-bond acceptors (Lipinski definition) is 1. The van der Waals surface area contributed by atoms with Gasteiger partial charge in [0.1, 0.15) is 0 Å². The normalized spacial score (nSPS) is 12.2. The summed E-state index contributed by atoms with van der Waals surface area (Å²) in [5, 5.41) is 0.810. The Morgan fingerprint density at radius 1 is 0.889 bits per heavy atom. The van der Waals surface area contributed by atoms with Gasteiger partial charge in [0.2, 0.25) is 0 Å². The molecule has 2 rings (SSSR count). The van der Waals surface area contributed by atoms with Crippen molar-refractivity contribution in [3.63, 3.8) is 0 Å². The molecule has 0 radical (unpaired) electrons. The van der Waals surface area contributed by atoms with E-state index in [9.17, 15) is 4.79 Å². The zero-order valence-electron chi connectivity index (χ0n) is 16.9. The molecule has 27 heavy (non-hydrogen) atoms. The van der Waals surface area contributed by atoms with Crippen LogP contribution in [-0.4, -0.2) is 4.57 Å². The molecule has 0 N–H and O–H groups in total. The highest BCUT2D eigenvalue weighted by molar-refractivity contribution is 5.79. The second kappa shape index (κ2) is 12.1. The third-order valence-electron chi connectivity index (χ3n) is 4.84. The van der Waals surface area contributed by atoms with Crippen LogP contribution in [0.25, 0.3) is 10.9 Å². The molecule has 0 amide bonds. The molecule has 0 atom stereocenters. The van der Waals surface area contributed by atoms with Crippen LogP contribution in [0.15, 0.2) is 71.6 Å². The lowest BCUT2D eigenvalue weighted by Crippen LogP contribution is -2.11. The predicted molar refractivity (Wildman–Crippen MR) is 118 cm³/mol. The predicted octanol–water partition coefficient (Wildman–Crippen LogP) is 6.50. The number of hydrogen-bond donors (Lipinski definition) is 0. The lowest BCUT2D eigenvalue weighted by Gasteiger charge is -2.12. The monoisotopic (exact) mass is 363 g/mol. The van der Waals surface area contributed by atoms with Crippen molar-refractivity contribution in [1.82, 2.24) is 4.57 Å². The van der Waals surface area contributed by atoms with Crippen LogP contribution in [0.2, 0.25) is 0 Å². The maximum absolute atomic E-state index is 12.3. The van der Waals surface area contributed by atoms with E-state index in [-0.39, 0.29) is 5.43 Å². The molecule has 1 heterocycles. The van der Waals surface area contributed by atoms with Gasteiger partial charge in [0, 0.05) is 24.2 Å². The Balaban J connectivity index is 1.67. The zero-order chi connectivity index (χ0) is 19.3. The number of fused-ring (bicyclic) bond motifs is 1. The highest BCUT2D eigenvalue weighted by Gasteiger charge is 2.05. The summed E-state index contributed by atoms with van der Waals surface area (Å²) in [6.45, 7) is 2.16. The Kier molecular flexibility index (Phi) is 9.40. The third kappa shape index (κ3) is 7.05. The molecule has 0 bridgehead atoms. The SMILES string of the molecule is CC/C=C/C/C=C\C/C=C\CCCCCc1cc(=O)c2ccccc2n1C. The molecule has 0 saturated carbocycles. The summed E-state index contributed by atoms with van der Waals surface area (Å²) in [6.07, 6.45) is 22.2. The van der Waals surface area contributed by atoms with Crippen molar-refractivity contribution >= 4 is 10.9 Å². The summed E-state index contributed by atoms with van der Waals surface area (Å²) in [5.41, 5.74) is 2.30. The molecule has 0 aliphatic carbocycles. The summed E-state index contributed by atoms with van der Waals surface area (Å²) in [5.74, 6) is 0. The van der Waals surface area contributed by atoms with Crippen molar-refractivity contribution in [2.75, 3.05) is 0 Å². The number of aryl methyl sites for hydroxylation is 2. The minimum absolute atomic E-state index is 0.139. The summed E-state index contributed by atoms with van der Waals surface area (Å²) in [4.78, 5) is 12.3. The number of unbranched alkanes of at least 4 members (excludes halogenated alkanes) is 3. The number of aromatic nitrogens is 1. The standard InChI is InChI=1S/C25H33NO/c1-3-4-5-6-7-8-9-10-11-12-13-14-15-18-22-21-25(27)23-19-16-17-20-24(23)26(22)2/h4-5,7-8,10-11,16-17,19-21H,3,6,9,12-15,18H2,1-2H3/b5-4+,8-7-,11-10-. The maximum atomic E-state index is 12.3. The fraction of sp³-hybridized carbons (Fsp3) is 0.400. The second-order valence-corrected chi connectivity index (χ2v) is 6.97. The van der Waals surface area contributed by atoms with Crippen LogP contribution in [0.1, 0.15) is 57.6 Å². The van der Waals surface area contributed by atoms with Gasteiger partial charge in [0.15, 0.2) is 5.43 Å². The molecule has 0 saturated heterocycles. The Morgan fingerprint density at radius 2 is 1.59 bits per heavy atom. The van der Waals surface area contributed by atoms with Crippen molar-refractivity contribution in [2.45, 2.75) is 58.3 Å². The van der Waals surface area contributed by atoms with Crippen molar-refractivity contribution < 1.29 is 0 Å². The van der Waals surface area contributed by atoms with Crippen LogP contribution < -0.4 is 5.43 Å². The van der Waals surface area contributed by atoms with Gasteiger partial charge in [-0.25, -0.2) is 0 Å². The summed E-state index contributed by atoms with van der Waals surface area (Å²) in [6, 6.07) is 9.67. The Hall–Kier alpha value is -2.35. The van der Waals surface area contributed by atoms with Gasteiger partial charge in [-0.15, -0.1) is 0 Å². The van der Waals surface area contributed by atoms with E-state index >= 15 is 0 Å². The molecule has 0 unspecified atom stereocenters. The molecule has 1 aromatic carbocycles. The molecule has 0 aliphatic rings. The van der Waals surface area contributed by atoms with E-state index in [4.69, 9.17) is 0 Å². The average Bonchev–Trinajstić information content (AvgIpc) is 2.69. The molecular weight excluding hydrogens is 330 g/mol. The van der Waals surface area contributed by atoms with E-state index in [0.717, 1.165) is 55.1 Å². The number of pyridine rings is 1. The first-order valence-corrected chi connectivity index (χ1v) is 10.3. The highest BCUT2D eigenvalue weighted by atomic mass is 16.1. The summed E-state index contributed by atoms with van der Waals surface area (Å²) >= 11 is 0. The van der Waals surface area contributed by atoms with E-state index in [2.05, 4.69) is 55.0 Å². The van der Waals surface area contributed by atoms with Gasteiger partial charge in [0.05, 0.1) is 5.52 Å². The lowest BCUT2D eigenvalue weighted by molar-refractivity contribution is 0.663. The van der Waals surface area contributed by atoms with E-state index in [1.165, 1.54) is 12.8 Å². The maximum Gasteiger partial charge on any atom is 0.189 e. The van der Waals surface area contributed by atoms with Crippen LogP contribution in [-0.2, 0) is 13.5 Å². The first-order valence-electron chi connectivity index (χ1n) is 10.3. The number of para-hydroxylation sites is 1. The van der Waals surface area contributed by atoms with E-state index in [0.29, 0.717) is 0 Å².